The van der Waals surface area contributed by atoms with Crippen LogP contribution in [0.1, 0.15) is 40.7 Å². The number of nitrogens with zero attached hydrogens (tertiary/aromatic N) is 4. The van der Waals surface area contributed by atoms with E-state index in [0.29, 0.717) is 43.9 Å². The Morgan fingerprint density at radius 1 is 1.03 bits per heavy atom. The molecule has 0 aliphatic carbocycles. The Hall–Kier alpha value is -2.97. The number of rotatable bonds is 7. The van der Waals surface area contributed by atoms with E-state index in [9.17, 15) is 13.2 Å². The van der Waals surface area contributed by atoms with E-state index in [1.54, 1.807) is 18.1 Å². The smallest absolute Gasteiger partial charge is 0.243 e. The number of hydrogen-bond donors (Lipinski definition) is 0. The van der Waals surface area contributed by atoms with Crippen LogP contribution in [-0.4, -0.2) is 53.4 Å². The number of carbonyl (C=O) groups excluding carboxylic acids is 1. The van der Waals surface area contributed by atoms with E-state index < -0.39 is 10.0 Å². The summed E-state index contributed by atoms with van der Waals surface area (Å²) >= 11 is 0. The van der Waals surface area contributed by atoms with Crippen molar-refractivity contribution in [3.63, 3.8) is 0 Å². The molecule has 1 aliphatic heterocycles. The summed E-state index contributed by atoms with van der Waals surface area (Å²) in [5.74, 6) is -0.119. The van der Waals surface area contributed by atoms with Crippen LogP contribution in [-0.2, 0) is 27.9 Å². The molecule has 0 saturated carbocycles. The zero-order chi connectivity index (χ0) is 25.2. The second-order valence-corrected chi connectivity index (χ2v) is 11.5. The number of piperidine rings is 1. The van der Waals surface area contributed by atoms with Crippen LogP contribution in [0.4, 0.5) is 0 Å². The molecule has 35 heavy (non-hydrogen) atoms. The Labute approximate surface area is 208 Å². The van der Waals surface area contributed by atoms with Gasteiger partial charge in [0.25, 0.3) is 0 Å². The van der Waals surface area contributed by atoms with Gasteiger partial charge in [0, 0.05) is 44.4 Å². The largest absolute Gasteiger partial charge is 0.341 e. The van der Waals surface area contributed by atoms with Crippen LogP contribution in [0, 0.1) is 26.7 Å². The molecule has 8 heteroatoms. The van der Waals surface area contributed by atoms with Crippen molar-refractivity contribution in [2.45, 2.75) is 51.6 Å². The Balaban J connectivity index is 1.34. The summed E-state index contributed by atoms with van der Waals surface area (Å²) in [7, 11) is -1.78. The molecule has 3 aromatic rings. The number of carbonyl (C=O) groups is 1. The lowest BCUT2D eigenvalue weighted by molar-refractivity contribution is -0.135. The second-order valence-electron chi connectivity index (χ2n) is 9.63. The van der Waals surface area contributed by atoms with Crippen LogP contribution in [0.3, 0.4) is 0 Å². The van der Waals surface area contributed by atoms with E-state index in [0.717, 1.165) is 22.3 Å². The molecule has 1 amide bonds. The maximum absolute atomic E-state index is 13.3. The number of sulfonamides is 1. The zero-order valence-corrected chi connectivity index (χ0v) is 21.8. The van der Waals surface area contributed by atoms with Gasteiger partial charge in [-0.2, -0.15) is 9.40 Å². The number of aryl methyl sites for hydroxylation is 3. The predicted molar refractivity (Wildman–Crippen MR) is 136 cm³/mol. The minimum Gasteiger partial charge on any atom is -0.341 e. The molecular formula is C27H34N4O3S. The molecular weight excluding hydrogens is 460 g/mol. The van der Waals surface area contributed by atoms with E-state index >= 15 is 0 Å². The van der Waals surface area contributed by atoms with Gasteiger partial charge in [-0.05, 0) is 50.3 Å². The molecule has 2 aromatic carbocycles. The first-order chi connectivity index (χ1) is 16.6. The zero-order valence-electron chi connectivity index (χ0n) is 20.9. The Morgan fingerprint density at radius 2 is 1.66 bits per heavy atom. The monoisotopic (exact) mass is 494 g/mol. The normalized spacial score (nSPS) is 15.3. The summed E-state index contributed by atoms with van der Waals surface area (Å²) in [6.07, 6.45) is 4.82. The van der Waals surface area contributed by atoms with Crippen molar-refractivity contribution in [2.24, 2.45) is 5.92 Å². The first-order valence-electron chi connectivity index (χ1n) is 12.0. The number of aromatic nitrogens is 2. The van der Waals surface area contributed by atoms with Crippen molar-refractivity contribution in [3.05, 3.63) is 82.7 Å². The van der Waals surface area contributed by atoms with Crippen molar-refractivity contribution in [3.8, 4) is 0 Å². The van der Waals surface area contributed by atoms with Gasteiger partial charge in [-0.25, -0.2) is 8.42 Å². The average Bonchev–Trinajstić information content (AvgIpc) is 3.25. The number of hydrogen-bond acceptors (Lipinski definition) is 4. The average molecular weight is 495 g/mol. The molecule has 0 bridgehead atoms. The molecule has 0 atom stereocenters. The maximum Gasteiger partial charge on any atom is 0.243 e. The van der Waals surface area contributed by atoms with Gasteiger partial charge in [0.15, 0.2) is 0 Å². The third kappa shape index (κ3) is 5.65. The molecule has 0 radical (unpaired) electrons. The third-order valence-corrected chi connectivity index (χ3v) is 8.88. The highest BCUT2D eigenvalue weighted by molar-refractivity contribution is 7.89. The fourth-order valence-electron chi connectivity index (χ4n) is 5.05. The van der Waals surface area contributed by atoms with Crippen LogP contribution >= 0.6 is 0 Å². The van der Waals surface area contributed by atoms with E-state index in [1.807, 2.05) is 62.0 Å². The molecule has 1 aromatic heterocycles. The molecule has 4 rings (SSSR count). The second kappa shape index (κ2) is 10.3. The van der Waals surface area contributed by atoms with E-state index in [1.165, 1.54) is 9.87 Å². The molecule has 2 heterocycles. The van der Waals surface area contributed by atoms with Crippen molar-refractivity contribution in [2.75, 3.05) is 20.1 Å². The van der Waals surface area contributed by atoms with Gasteiger partial charge in [-0.1, -0.05) is 48.0 Å². The highest BCUT2D eigenvalue weighted by Gasteiger charge is 2.34. The lowest BCUT2D eigenvalue weighted by atomic mass is 9.96. The van der Waals surface area contributed by atoms with Gasteiger partial charge in [0.2, 0.25) is 15.9 Å². The van der Waals surface area contributed by atoms with Crippen LogP contribution in [0.15, 0.2) is 59.8 Å². The Kier molecular flexibility index (Phi) is 7.42. The third-order valence-electron chi connectivity index (χ3n) is 6.68. The predicted octanol–water partition coefficient (Wildman–Crippen LogP) is 3.92. The van der Waals surface area contributed by atoms with E-state index in [4.69, 9.17) is 0 Å². The fraction of sp³-hybridized carbons (Fsp3) is 0.407. The topological polar surface area (TPSA) is 75.5 Å². The van der Waals surface area contributed by atoms with Crippen LogP contribution < -0.4 is 0 Å². The van der Waals surface area contributed by atoms with E-state index in [-0.39, 0.29) is 11.8 Å². The summed E-state index contributed by atoms with van der Waals surface area (Å²) in [5.41, 5.74) is 4.74. The van der Waals surface area contributed by atoms with Gasteiger partial charge >= 0.3 is 0 Å². The van der Waals surface area contributed by atoms with Crippen LogP contribution in [0.25, 0.3) is 0 Å². The van der Waals surface area contributed by atoms with Crippen LogP contribution in [0.5, 0.6) is 0 Å². The first kappa shape index (κ1) is 25.1. The van der Waals surface area contributed by atoms with Gasteiger partial charge in [0.05, 0.1) is 17.6 Å². The standard InChI is InChI=1S/C27H34N4O3S/c1-20-14-21(2)26(22(3)15-20)35(33,34)31-12-10-25(11-13-31)27(32)29(4)17-24-16-28-30(19-24)18-23-8-6-5-7-9-23/h5-9,14-16,19,25H,10-13,17-18H2,1-4H3. The van der Waals surface area contributed by atoms with Gasteiger partial charge in [-0.3, -0.25) is 9.48 Å². The molecule has 0 spiro atoms. The summed E-state index contributed by atoms with van der Waals surface area (Å²) in [6, 6.07) is 13.9. The van der Waals surface area contributed by atoms with Crippen molar-refractivity contribution >= 4 is 15.9 Å². The molecule has 186 valence electrons. The first-order valence-corrected chi connectivity index (χ1v) is 13.5. The maximum atomic E-state index is 13.3. The van der Waals surface area contributed by atoms with Crippen molar-refractivity contribution in [1.82, 2.24) is 19.0 Å². The summed E-state index contributed by atoms with van der Waals surface area (Å²) in [5, 5.41) is 4.43. The van der Waals surface area contributed by atoms with Crippen molar-refractivity contribution < 1.29 is 13.2 Å². The number of benzene rings is 2. The van der Waals surface area contributed by atoms with E-state index in [2.05, 4.69) is 17.2 Å². The summed E-state index contributed by atoms with van der Waals surface area (Å²) < 4.78 is 30.1. The highest BCUT2D eigenvalue weighted by Crippen LogP contribution is 2.29. The van der Waals surface area contributed by atoms with Crippen molar-refractivity contribution in [1.29, 1.82) is 0 Å². The van der Waals surface area contributed by atoms with Gasteiger partial charge < -0.3 is 4.90 Å². The fourth-order valence-corrected chi connectivity index (χ4v) is 6.94. The number of amides is 1. The Bertz CT molecular complexity index is 1270. The summed E-state index contributed by atoms with van der Waals surface area (Å²) in [6.45, 7) is 7.54. The van der Waals surface area contributed by atoms with Gasteiger partial charge in [-0.15, -0.1) is 0 Å². The molecule has 1 saturated heterocycles. The molecule has 1 aliphatic rings. The molecule has 0 unspecified atom stereocenters. The van der Waals surface area contributed by atoms with Crippen LogP contribution in [0.2, 0.25) is 0 Å². The molecule has 0 N–H and O–H groups in total. The highest BCUT2D eigenvalue weighted by atomic mass is 32.2. The molecule has 1 fully saturated rings. The quantitative estimate of drug-likeness (QED) is 0.499. The lowest BCUT2D eigenvalue weighted by Gasteiger charge is -2.33. The molecule has 7 nitrogen and oxygen atoms in total. The SMILES string of the molecule is Cc1cc(C)c(S(=O)(=O)N2CCC(C(=O)N(C)Cc3cnn(Cc4ccccc4)c3)CC2)c(C)c1. The summed E-state index contributed by atoms with van der Waals surface area (Å²) in [4.78, 5) is 15.2. The minimum absolute atomic E-state index is 0.0561. The Morgan fingerprint density at radius 3 is 2.29 bits per heavy atom. The van der Waals surface area contributed by atoms with Gasteiger partial charge in [0.1, 0.15) is 0 Å². The minimum atomic E-state index is -3.58. The lowest BCUT2D eigenvalue weighted by Crippen LogP contribution is -2.43.